The summed E-state index contributed by atoms with van der Waals surface area (Å²) < 4.78 is 11.4. The molecule has 176 valence electrons. The molecule has 0 saturated carbocycles. The number of aliphatic imine (C=N–C) groups is 1. The number of halogens is 1. The Morgan fingerprint density at radius 2 is 1.94 bits per heavy atom. The summed E-state index contributed by atoms with van der Waals surface area (Å²) in [5.41, 5.74) is 3.49. The summed E-state index contributed by atoms with van der Waals surface area (Å²) in [5, 5.41) is 6.79. The molecular formula is C24H36IN5O2. The summed E-state index contributed by atoms with van der Waals surface area (Å²) in [4.78, 5) is 11.5. The summed E-state index contributed by atoms with van der Waals surface area (Å²) in [6, 6.07) is 10.4. The van der Waals surface area contributed by atoms with Gasteiger partial charge in [0.25, 0.3) is 0 Å². The fourth-order valence-electron chi connectivity index (χ4n) is 3.41. The minimum Gasteiger partial charge on any atom is -0.439 e. The van der Waals surface area contributed by atoms with Crippen molar-refractivity contribution < 1.29 is 9.47 Å². The quantitative estimate of drug-likeness (QED) is 0.294. The number of nitrogens with one attached hydrogen (secondary N) is 2. The molecule has 0 spiro atoms. The van der Waals surface area contributed by atoms with Crippen molar-refractivity contribution in [3.8, 4) is 11.6 Å². The van der Waals surface area contributed by atoms with Crippen LogP contribution in [-0.2, 0) is 11.3 Å². The minimum absolute atomic E-state index is 0. The number of pyridine rings is 1. The van der Waals surface area contributed by atoms with Crippen LogP contribution in [0.3, 0.4) is 0 Å². The van der Waals surface area contributed by atoms with Crippen LogP contribution in [0.4, 0.5) is 0 Å². The van der Waals surface area contributed by atoms with Crippen molar-refractivity contribution in [3.63, 3.8) is 0 Å². The molecule has 0 radical (unpaired) electrons. The molecule has 8 heteroatoms. The first-order valence-electron chi connectivity index (χ1n) is 11.1. The highest BCUT2D eigenvalue weighted by Gasteiger charge is 2.17. The van der Waals surface area contributed by atoms with Crippen molar-refractivity contribution in [2.24, 2.45) is 4.99 Å². The third-order valence-electron chi connectivity index (χ3n) is 5.50. The number of hydrogen-bond donors (Lipinski definition) is 2. The normalized spacial score (nSPS) is 15.6. The van der Waals surface area contributed by atoms with E-state index >= 15 is 0 Å². The van der Waals surface area contributed by atoms with E-state index in [0.717, 1.165) is 56.7 Å². The van der Waals surface area contributed by atoms with E-state index < -0.39 is 0 Å². The molecule has 1 saturated heterocycles. The third-order valence-corrected chi connectivity index (χ3v) is 5.50. The lowest BCUT2D eigenvalue weighted by Crippen LogP contribution is -2.49. The average molecular weight is 553 g/mol. The number of hydrogen-bond acceptors (Lipinski definition) is 5. The van der Waals surface area contributed by atoms with E-state index in [1.165, 1.54) is 11.1 Å². The van der Waals surface area contributed by atoms with Gasteiger partial charge in [0.1, 0.15) is 5.75 Å². The van der Waals surface area contributed by atoms with Crippen LogP contribution >= 0.6 is 24.0 Å². The largest absolute Gasteiger partial charge is 0.439 e. The standard InChI is InChI=1S/C24H35N5O2.HI/c1-5-25-24(27-16-20(4)29-10-12-30-13-11-29)28-17-21-8-9-26-23(15-21)31-22-7-6-18(2)19(3)14-22;/h6-9,14-15,20H,5,10-13,16-17H2,1-4H3,(H2,25,27,28);1H. The Morgan fingerprint density at radius 3 is 2.66 bits per heavy atom. The Labute approximate surface area is 209 Å². The van der Waals surface area contributed by atoms with Crippen molar-refractivity contribution in [2.45, 2.75) is 40.3 Å². The highest BCUT2D eigenvalue weighted by atomic mass is 127. The van der Waals surface area contributed by atoms with Crippen LogP contribution in [0.25, 0.3) is 0 Å². The number of ether oxygens (including phenoxy) is 2. The van der Waals surface area contributed by atoms with Crippen LogP contribution < -0.4 is 15.4 Å². The third kappa shape index (κ3) is 8.22. The second-order valence-electron chi connectivity index (χ2n) is 7.92. The first-order valence-corrected chi connectivity index (χ1v) is 11.1. The van der Waals surface area contributed by atoms with Crippen LogP contribution in [-0.4, -0.2) is 61.3 Å². The number of nitrogens with zero attached hydrogens (tertiary/aromatic N) is 3. The summed E-state index contributed by atoms with van der Waals surface area (Å²) in [6.45, 7) is 14.3. The van der Waals surface area contributed by atoms with Crippen LogP contribution in [0.2, 0.25) is 0 Å². The topological polar surface area (TPSA) is 71.0 Å². The van der Waals surface area contributed by atoms with Crippen molar-refractivity contribution in [1.29, 1.82) is 0 Å². The number of guanidine groups is 1. The van der Waals surface area contributed by atoms with Crippen LogP contribution in [0.1, 0.15) is 30.5 Å². The molecule has 1 unspecified atom stereocenters. The van der Waals surface area contributed by atoms with Gasteiger partial charge in [-0.3, -0.25) is 4.90 Å². The Hall–Kier alpha value is -1.91. The predicted molar refractivity (Wildman–Crippen MR) is 140 cm³/mol. The van der Waals surface area contributed by atoms with Gasteiger partial charge in [-0.15, -0.1) is 24.0 Å². The Kier molecular flexibility index (Phi) is 11.2. The molecule has 2 heterocycles. The average Bonchev–Trinajstić information content (AvgIpc) is 2.79. The van der Waals surface area contributed by atoms with Crippen LogP contribution in [0.5, 0.6) is 11.6 Å². The first kappa shape index (κ1) is 26.3. The van der Waals surface area contributed by atoms with Gasteiger partial charge in [-0.05, 0) is 62.6 Å². The van der Waals surface area contributed by atoms with Gasteiger partial charge >= 0.3 is 0 Å². The minimum atomic E-state index is 0. The van der Waals surface area contributed by atoms with Gasteiger partial charge < -0.3 is 20.1 Å². The maximum absolute atomic E-state index is 5.95. The summed E-state index contributed by atoms with van der Waals surface area (Å²) in [7, 11) is 0. The number of aromatic nitrogens is 1. The molecule has 1 fully saturated rings. The number of morpholine rings is 1. The SMILES string of the molecule is CCNC(=NCc1ccnc(Oc2ccc(C)c(C)c2)c1)NCC(C)N1CCOCC1.I. The van der Waals surface area contributed by atoms with E-state index in [4.69, 9.17) is 14.5 Å². The van der Waals surface area contributed by atoms with E-state index in [1.807, 2.05) is 24.3 Å². The highest BCUT2D eigenvalue weighted by Crippen LogP contribution is 2.22. The van der Waals surface area contributed by atoms with Crippen molar-refractivity contribution in [2.75, 3.05) is 39.4 Å². The summed E-state index contributed by atoms with van der Waals surface area (Å²) >= 11 is 0. The zero-order valence-electron chi connectivity index (χ0n) is 19.6. The second kappa shape index (κ2) is 13.6. The second-order valence-corrected chi connectivity index (χ2v) is 7.92. The van der Waals surface area contributed by atoms with E-state index in [-0.39, 0.29) is 24.0 Å². The van der Waals surface area contributed by atoms with Gasteiger partial charge in [-0.25, -0.2) is 9.98 Å². The number of benzene rings is 1. The Bertz CT molecular complexity index is 871. The van der Waals surface area contributed by atoms with Crippen LogP contribution in [0, 0.1) is 13.8 Å². The van der Waals surface area contributed by atoms with Gasteiger partial charge in [0.05, 0.1) is 19.8 Å². The highest BCUT2D eigenvalue weighted by molar-refractivity contribution is 14.0. The monoisotopic (exact) mass is 553 g/mol. The van der Waals surface area contributed by atoms with Gasteiger partial charge in [-0.2, -0.15) is 0 Å². The molecule has 32 heavy (non-hydrogen) atoms. The lowest BCUT2D eigenvalue weighted by molar-refractivity contribution is 0.0211. The molecule has 7 nitrogen and oxygen atoms in total. The molecule has 3 rings (SSSR count). The molecule has 0 amide bonds. The van der Waals surface area contributed by atoms with Crippen molar-refractivity contribution in [1.82, 2.24) is 20.5 Å². The number of rotatable bonds is 8. The van der Waals surface area contributed by atoms with Crippen LogP contribution in [0.15, 0.2) is 41.5 Å². The van der Waals surface area contributed by atoms with Gasteiger partial charge in [0.2, 0.25) is 5.88 Å². The van der Waals surface area contributed by atoms with E-state index in [1.54, 1.807) is 6.20 Å². The van der Waals surface area contributed by atoms with Gasteiger partial charge in [0.15, 0.2) is 5.96 Å². The molecule has 0 bridgehead atoms. The lowest BCUT2D eigenvalue weighted by Gasteiger charge is -2.32. The molecule has 1 aromatic heterocycles. The summed E-state index contributed by atoms with van der Waals surface area (Å²) in [6.07, 6.45) is 1.77. The van der Waals surface area contributed by atoms with Gasteiger partial charge in [0, 0.05) is 44.5 Å². The predicted octanol–water partition coefficient (Wildman–Crippen LogP) is 3.88. The fourth-order valence-corrected chi connectivity index (χ4v) is 3.41. The molecule has 1 atom stereocenters. The lowest BCUT2D eigenvalue weighted by atomic mass is 10.1. The molecule has 1 aliphatic heterocycles. The van der Waals surface area contributed by atoms with E-state index in [9.17, 15) is 0 Å². The maximum Gasteiger partial charge on any atom is 0.219 e. The zero-order chi connectivity index (χ0) is 22.1. The van der Waals surface area contributed by atoms with Gasteiger partial charge in [-0.1, -0.05) is 6.07 Å². The van der Waals surface area contributed by atoms with Crippen molar-refractivity contribution in [3.05, 3.63) is 53.2 Å². The Balaban J connectivity index is 0.00000363. The fraction of sp³-hybridized carbons (Fsp3) is 0.500. The Morgan fingerprint density at radius 1 is 1.16 bits per heavy atom. The molecule has 2 aromatic rings. The number of aryl methyl sites for hydroxylation is 2. The maximum atomic E-state index is 5.95. The zero-order valence-corrected chi connectivity index (χ0v) is 21.9. The molecule has 1 aromatic carbocycles. The summed E-state index contributed by atoms with van der Waals surface area (Å²) in [5.74, 6) is 2.19. The molecule has 2 N–H and O–H groups in total. The molecule has 1 aliphatic rings. The first-order chi connectivity index (χ1) is 15.0. The molecular weight excluding hydrogens is 517 g/mol. The molecule has 0 aliphatic carbocycles. The van der Waals surface area contributed by atoms with E-state index in [0.29, 0.717) is 18.5 Å². The smallest absolute Gasteiger partial charge is 0.219 e. The van der Waals surface area contributed by atoms with Crippen molar-refractivity contribution >= 4 is 29.9 Å². The van der Waals surface area contributed by atoms with E-state index in [2.05, 4.69) is 54.3 Å².